The van der Waals surface area contributed by atoms with E-state index in [1.165, 1.54) is 4.90 Å². The lowest BCUT2D eigenvalue weighted by atomic mass is 10.0. The molecule has 1 unspecified atom stereocenters. The number of carbonyl (C=O) groups excluding carboxylic acids is 2. The quantitative estimate of drug-likeness (QED) is 0.372. The molecule has 9 nitrogen and oxygen atoms in total. The number of benzene rings is 3. The van der Waals surface area contributed by atoms with E-state index in [1.54, 1.807) is 22.9 Å². The molecule has 1 atom stereocenters. The Bertz CT molecular complexity index is 1400. The topological polar surface area (TPSA) is 98.6 Å². The predicted molar refractivity (Wildman–Crippen MR) is 139 cm³/mol. The number of carbonyl (C=O) groups is 2. The van der Waals surface area contributed by atoms with Crippen LogP contribution in [-0.4, -0.2) is 40.1 Å². The molecule has 5 rings (SSSR count). The number of hydrogen-bond donors (Lipinski definition) is 1. The number of ether oxygens (including phenoxy) is 2. The maximum atomic E-state index is 14.0. The molecule has 0 saturated heterocycles. The van der Waals surface area contributed by atoms with Crippen molar-refractivity contribution in [3.8, 4) is 11.5 Å². The number of amides is 2. The van der Waals surface area contributed by atoms with Crippen LogP contribution >= 0.6 is 0 Å². The number of nitrogens with zero attached hydrogens (tertiary/aromatic N) is 4. The van der Waals surface area contributed by atoms with Gasteiger partial charge in [0.1, 0.15) is 18.1 Å². The van der Waals surface area contributed by atoms with Crippen LogP contribution in [0.25, 0.3) is 11.0 Å². The van der Waals surface area contributed by atoms with E-state index in [4.69, 9.17) is 9.47 Å². The van der Waals surface area contributed by atoms with Crippen LogP contribution in [0.2, 0.25) is 0 Å². The van der Waals surface area contributed by atoms with E-state index in [0.717, 1.165) is 11.9 Å². The highest BCUT2D eigenvalue weighted by Crippen LogP contribution is 2.38. The van der Waals surface area contributed by atoms with E-state index in [9.17, 15) is 9.59 Å². The average Bonchev–Trinajstić information content (AvgIpc) is 3.54. The smallest absolute Gasteiger partial charge is 0.249 e. The largest absolute Gasteiger partial charge is 0.454 e. The Labute approximate surface area is 215 Å². The van der Waals surface area contributed by atoms with Gasteiger partial charge in [-0.2, -0.15) is 0 Å². The molecule has 0 fully saturated rings. The Hall–Kier alpha value is -4.40. The fraction of sp³-hybridized carbons (Fsp3) is 0.286. The molecule has 190 valence electrons. The van der Waals surface area contributed by atoms with Gasteiger partial charge >= 0.3 is 0 Å². The van der Waals surface area contributed by atoms with Crippen LogP contribution in [0.1, 0.15) is 31.9 Å². The molecule has 0 aliphatic carbocycles. The summed E-state index contributed by atoms with van der Waals surface area (Å²) >= 11 is 0. The van der Waals surface area contributed by atoms with E-state index in [-0.39, 0.29) is 25.2 Å². The first kappa shape index (κ1) is 24.3. The van der Waals surface area contributed by atoms with Gasteiger partial charge in [-0.25, -0.2) is 4.68 Å². The standard InChI is InChI=1S/C28H29N5O4/c1-19(2)14-15-29-28(35)27(20-8-4-3-5-9-20)33(21-12-13-24-25(16-21)37-18-36-24)26(34)17-32-23-11-7-6-10-22(23)30-31-32/h3-13,16,19,27H,14-15,17-18H2,1-2H3,(H,29,35). The molecule has 4 aromatic rings. The summed E-state index contributed by atoms with van der Waals surface area (Å²) in [6, 6.07) is 21.1. The summed E-state index contributed by atoms with van der Waals surface area (Å²) in [6.45, 7) is 4.72. The van der Waals surface area contributed by atoms with Gasteiger partial charge in [0.05, 0.1) is 5.52 Å². The zero-order valence-corrected chi connectivity index (χ0v) is 20.8. The Morgan fingerprint density at radius 3 is 2.57 bits per heavy atom. The minimum absolute atomic E-state index is 0.0996. The molecule has 2 amide bonds. The van der Waals surface area contributed by atoms with Gasteiger partial charge in [-0.05, 0) is 42.2 Å². The Balaban J connectivity index is 1.55. The van der Waals surface area contributed by atoms with Crippen LogP contribution < -0.4 is 19.7 Å². The minimum atomic E-state index is -0.906. The van der Waals surface area contributed by atoms with Crippen LogP contribution in [0.5, 0.6) is 11.5 Å². The molecule has 37 heavy (non-hydrogen) atoms. The number of rotatable bonds is 9. The molecule has 0 radical (unpaired) electrons. The Morgan fingerprint density at radius 1 is 1.00 bits per heavy atom. The molecular formula is C28H29N5O4. The van der Waals surface area contributed by atoms with Gasteiger partial charge in [-0.3, -0.25) is 14.5 Å². The highest BCUT2D eigenvalue weighted by atomic mass is 16.7. The fourth-order valence-electron chi connectivity index (χ4n) is 4.34. The summed E-state index contributed by atoms with van der Waals surface area (Å²) in [7, 11) is 0. The number of nitrogens with one attached hydrogen (secondary N) is 1. The first-order chi connectivity index (χ1) is 18.0. The van der Waals surface area contributed by atoms with E-state index in [1.807, 2.05) is 54.6 Å². The minimum Gasteiger partial charge on any atom is -0.454 e. The monoisotopic (exact) mass is 499 g/mol. The predicted octanol–water partition coefficient (Wildman–Crippen LogP) is 4.10. The molecule has 1 aliphatic heterocycles. The van der Waals surface area contributed by atoms with Crippen molar-refractivity contribution in [3.05, 3.63) is 78.4 Å². The summed E-state index contributed by atoms with van der Waals surface area (Å²) in [4.78, 5) is 29.3. The summed E-state index contributed by atoms with van der Waals surface area (Å²) < 4.78 is 12.6. The van der Waals surface area contributed by atoms with Gasteiger partial charge in [0.2, 0.25) is 18.6 Å². The summed E-state index contributed by atoms with van der Waals surface area (Å²) in [5, 5.41) is 11.4. The van der Waals surface area contributed by atoms with Crippen molar-refractivity contribution in [2.45, 2.75) is 32.9 Å². The number of hydrogen-bond acceptors (Lipinski definition) is 6. The molecule has 0 saturated carbocycles. The second-order valence-electron chi connectivity index (χ2n) is 9.32. The van der Waals surface area contributed by atoms with Gasteiger partial charge in [0.15, 0.2) is 11.5 Å². The van der Waals surface area contributed by atoms with Crippen LogP contribution in [0, 0.1) is 5.92 Å². The summed E-state index contributed by atoms with van der Waals surface area (Å²) in [6.07, 6.45) is 0.830. The van der Waals surface area contributed by atoms with Crippen molar-refractivity contribution < 1.29 is 19.1 Å². The molecule has 0 spiro atoms. The third kappa shape index (κ3) is 5.25. The van der Waals surface area contributed by atoms with E-state index >= 15 is 0 Å². The van der Waals surface area contributed by atoms with Gasteiger partial charge in [-0.15, -0.1) is 5.10 Å². The van der Waals surface area contributed by atoms with Crippen molar-refractivity contribution in [2.75, 3.05) is 18.2 Å². The van der Waals surface area contributed by atoms with Gasteiger partial charge in [0.25, 0.3) is 0 Å². The molecular weight excluding hydrogens is 470 g/mol. The average molecular weight is 500 g/mol. The van der Waals surface area contributed by atoms with Crippen LogP contribution in [0.4, 0.5) is 5.69 Å². The first-order valence-electron chi connectivity index (χ1n) is 12.3. The molecule has 1 N–H and O–H groups in total. The van der Waals surface area contributed by atoms with Crippen molar-refractivity contribution >= 4 is 28.5 Å². The summed E-state index contributed by atoms with van der Waals surface area (Å²) in [5.74, 6) is 0.968. The van der Waals surface area contributed by atoms with Gasteiger partial charge < -0.3 is 14.8 Å². The lowest BCUT2D eigenvalue weighted by Gasteiger charge is -2.31. The molecule has 0 bridgehead atoms. The van der Waals surface area contributed by atoms with Crippen LogP contribution in [-0.2, 0) is 16.1 Å². The fourth-order valence-corrected chi connectivity index (χ4v) is 4.34. The Kier molecular flexibility index (Phi) is 7.02. The number of aromatic nitrogens is 3. The lowest BCUT2D eigenvalue weighted by Crippen LogP contribution is -2.45. The maximum absolute atomic E-state index is 14.0. The molecule has 1 aromatic heterocycles. The van der Waals surface area contributed by atoms with E-state index in [0.29, 0.717) is 40.7 Å². The molecule has 9 heteroatoms. The number of para-hydroxylation sites is 1. The van der Waals surface area contributed by atoms with Crippen molar-refractivity contribution in [1.29, 1.82) is 0 Å². The van der Waals surface area contributed by atoms with E-state index < -0.39 is 6.04 Å². The highest BCUT2D eigenvalue weighted by Gasteiger charge is 2.34. The molecule has 1 aliphatic rings. The second-order valence-corrected chi connectivity index (χ2v) is 9.32. The van der Waals surface area contributed by atoms with Crippen LogP contribution in [0.15, 0.2) is 72.8 Å². The normalized spacial score (nSPS) is 13.1. The van der Waals surface area contributed by atoms with Crippen LogP contribution in [0.3, 0.4) is 0 Å². The van der Waals surface area contributed by atoms with Gasteiger partial charge in [0, 0.05) is 18.3 Å². The zero-order chi connectivity index (χ0) is 25.8. The van der Waals surface area contributed by atoms with E-state index in [2.05, 4.69) is 29.5 Å². The molecule has 2 heterocycles. The van der Waals surface area contributed by atoms with Crippen molar-refractivity contribution in [2.24, 2.45) is 5.92 Å². The van der Waals surface area contributed by atoms with Crippen molar-refractivity contribution in [3.63, 3.8) is 0 Å². The highest BCUT2D eigenvalue weighted by molar-refractivity contribution is 6.01. The zero-order valence-electron chi connectivity index (χ0n) is 20.8. The lowest BCUT2D eigenvalue weighted by molar-refractivity contribution is -0.127. The summed E-state index contributed by atoms with van der Waals surface area (Å²) in [5.41, 5.74) is 2.64. The first-order valence-corrected chi connectivity index (χ1v) is 12.3. The number of fused-ring (bicyclic) bond motifs is 2. The van der Waals surface area contributed by atoms with Crippen molar-refractivity contribution in [1.82, 2.24) is 20.3 Å². The SMILES string of the molecule is CC(C)CCNC(=O)C(c1ccccc1)N(C(=O)Cn1nnc2ccccc21)c1ccc2c(c1)OCO2. The number of anilines is 1. The second kappa shape index (κ2) is 10.7. The third-order valence-corrected chi connectivity index (χ3v) is 6.25. The third-order valence-electron chi connectivity index (χ3n) is 6.25. The molecule has 3 aromatic carbocycles. The maximum Gasteiger partial charge on any atom is 0.249 e. The Morgan fingerprint density at radius 2 is 1.76 bits per heavy atom. The van der Waals surface area contributed by atoms with Gasteiger partial charge in [-0.1, -0.05) is 61.5 Å².